The summed E-state index contributed by atoms with van der Waals surface area (Å²) in [5, 5.41) is 20.3. The van der Waals surface area contributed by atoms with Gasteiger partial charge in [-0.2, -0.15) is 14.6 Å². The molecule has 0 aliphatic heterocycles. The minimum Gasteiger partial charge on any atom is -0.492 e. The maximum Gasteiger partial charge on any atom is 0.277 e. The van der Waals surface area contributed by atoms with Crippen LogP contribution in [0.4, 0.5) is 4.39 Å². The summed E-state index contributed by atoms with van der Waals surface area (Å²) in [5.41, 5.74) is 2.01. The third-order valence-electron chi connectivity index (χ3n) is 7.38. The van der Waals surface area contributed by atoms with Gasteiger partial charge in [0, 0.05) is 17.7 Å². The van der Waals surface area contributed by atoms with Crippen molar-refractivity contribution in [2.75, 3.05) is 0 Å². The Bertz CT molecular complexity index is 1820. The SMILES string of the molecule is CCCCc1nc(O)c(S(=O)(=O)c2ccc(-c3ccc(F)nc3C)cc2)c(=O)n1[C@H](c1cccc(C#N)c1)C1CC1. The van der Waals surface area contributed by atoms with Crippen LogP contribution in [0.1, 0.15) is 61.3 Å². The van der Waals surface area contributed by atoms with Gasteiger partial charge in [-0.25, -0.2) is 13.4 Å². The first-order valence-corrected chi connectivity index (χ1v) is 15.0. The van der Waals surface area contributed by atoms with E-state index in [1.165, 1.54) is 22.8 Å². The number of hydrogen-bond acceptors (Lipinski definition) is 7. The number of aromatic nitrogens is 3. The zero-order valence-corrected chi connectivity index (χ0v) is 23.5. The molecule has 0 bridgehead atoms. The Hall–Kier alpha value is -4.36. The van der Waals surface area contributed by atoms with Crippen molar-refractivity contribution >= 4 is 9.84 Å². The van der Waals surface area contributed by atoms with Gasteiger partial charge in [0.25, 0.3) is 5.56 Å². The highest BCUT2D eigenvalue weighted by atomic mass is 32.2. The molecular weight excluding hydrogens is 543 g/mol. The van der Waals surface area contributed by atoms with Crippen molar-refractivity contribution in [2.45, 2.75) is 61.8 Å². The molecule has 1 aliphatic carbocycles. The van der Waals surface area contributed by atoms with Crippen LogP contribution in [-0.4, -0.2) is 28.1 Å². The smallest absolute Gasteiger partial charge is 0.277 e. The van der Waals surface area contributed by atoms with Crippen LogP contribution in [0.5, 0.6) is 5.88 Å². The molecule has 0 unspecified atom stereocenters. The molecule has 1 atom stereocenters. The van der Waals surface area contributed by atoms with Crippen LogP contribution in [0, 0.1) is 30.1 Å². The summed E-state index contributed by atoms with van der Waals surface area (Å²) >= 11 is 0. The Morgan fingerprint density at radius 1 is 1.12 bits per heavy atom. The quantitative estimate of drug-likeness (QED) is 0.262. The standard InChI is InChI=1S/C31H29FN4O4S/c1-3-4-8-27-35-30(37)29(31(38)36(27)28(22-9-10-22)23-7-5-6-20(17-23)18-33)41(39,40)24-13-11-21(12-14-24)25-15-16-26(32)34-19(25)2/h5-7,11-17,22,28,37H,3-4,8-10H2,1-2H3/t28-/m0/s1. The van der Waals surface area contributed by atoms with Crippen molar-refractivity contribution < 1.29 is 17.9 Å². The molecule has 1 fully saturated rings. The number of benzene rings is 2. The number of unbranched alkanes of at least 4 members (excludes halogenated alkanes) is 1. The van der Waals surface area contributed by atoms with Gasteiger partial charge in [-0.3, -0.25) is 9.36 Å². The van der Waals surface area contributed by atoms with Crippen molar-refractivity contribution in [2.24, 2.45) is 5.92 Å². The number of pyridine rings is 1. The summed E-state index contributed by atoms with van der Waals surface area (Å²) in [5.74, 6) is -1.07. The summed E-state index contributed by atoms with van der Waals surface area (Å²) in [6.45, 7) is 3.64. The Morgan fingerprint density at radius 2 is 1.85 bits per heavy atom. The van der Waals surface area contributed by atoms with Crippen LogP contribution in [0.2, 0.25) is 0 Å². The number of nitrogens with zero attached hydrogens (tertiary/aromatic N) is 4. The average molecular weight is 573 g/mol. The number of rotatable bonds is 9. The van der Waals surface area contributed by atoms with Gasteiger partial charge in [-0.05, 0) is 79.6 Å². The molecular formula is C31H29FN4O4S. The van der Waals surface area contributed by atoms with E-state index >= 15 is 0 Å². The van der Waals surface area contributed by atoms with Crippen LogP contribution < -0.4 is 5.56 Å². The first kappa shape index (κ1) is 28.2. The lowest BCUT2D eigenvalue weighted by molar-refractivity contribution is 0.399. The van der Waals surface area contributed by atoms with E-state index in [1.807, 2.05) is 13.0 Å². The predicted octanol–water partition coefficient (Wildman–Crippen LogP) is 5.50. The maximum absolute atomic E-state index is 14.1. The highest BCUT2D eigenvalue weighted by Crippen LogP contribution is 2.44. The first-order chi connectivity index (χ1) is 19.6. The van der Waals surface area contributed by atoms with Gasteiger partial charge in [0.1, 0.15) is 5.82 Å². The fourth-order valence-corrected chi connectivity index (χ4v) is 6.53. The van der Waals surface area contributed by atoms with Gasteiger partial charge in [-0.1, -0.05) is 37.6 Å². The zero-order valence-electron chi connectivity index (χ0n) is 22.7. The van der Waals surface area contributed by atoms with Gasteiger partial charge in [0.15, 0.2) is 4.90 Å². The molecule has 4 aromatic rings. The number of aromatic hydroxyl groups is 1. The van der Waals surface area contributed by atoms with E-state index in [0.29, 0.717) is 41.1 Å². The minimum atomic E-state index is -4.48. The molecule has 8 nitrogen and oxygen atoms in total. The summed E-state index contributed by atoms with van der Waals surface area (Å²) < 4.78 is 42.6. The number of hydrogen-bond donors (Lipinski definition) is 1. The fraction of sp³-hybridized carbons (Fsp3) is 0.290. The third-order valence-corrected chi connectivity index (χ3v) is 9.17. The second-order valence-corrected chi connectivity index (χ2v) is 12.2. The molecule has 1 N–H and O–H groups in total. The summed E-state index contributed by atoms with van der Waals surface area (Å²) in [4.78, 5) is 21.3. The molecule has 210 valence electrons. The van der Waals surface area contributed by atoms with Gasteiger partial charge in [0.05, 0.1) is 22.6 Å². The van der Waals surface area contributed by atoms with E-state index < -0.39 is 38.2 Å². The molecule has 5 rings (SSSR count). The normalized spacial score (nSPS) is 14.0. The van der Waals surface area contributed by atoms with Crippen LogP contribution >= 0.6 is 0 Å². The van der Waals surface area contributed by atoms with Crippen LogP contribution in [0.25, 0.3) is 11.1 Å². The van der Waals surface area contributed by atoms with E-state index in [2.05, 4.69) is 16.0 Å². The molecule has 0 amide bonds. The van der Waals surface area contributed by atoms with Crippen LogP contribution in [0.15, 0.2) is 75.2 Å². The van der Waals surface area contributed by atoms with Gasteiger partial charge < -0.3 is 5.11 Å². The second-order valence-electron chi connectivity index (χ2n) is 10.3. The maximum atomic E-state index is 14.1. The number of sulfone groups is 1. The topological polar surface area (TPSA) is 126 Å². The van der Waals surface area contributed by atoms with Crippen molar-refractivity contribution in [3.63, 3.8) is 0 Å². The largest absolute Gasteiger partial charge is 0.492 e. The molecule has 2 heterocycles. The molecule has 0 spiro atoms. The molecule has 0 radical (unpaired) electrons. The lowest BCUT2D eigenvalue weighted by atomic mass is 9.99. The van der Waals surface area contributed by atoms with E-state index in [0.717, 1.165) is 24.8 Å². The first-order valence-electron chi connectivity index (χ1n) is 13.5. The Balaban J connectivity index is 1.65. The van der Waals surface area contributed by atoms with Crippen LogP contribution in [0.3, 0.4) is 0 Å². The van der Waals surface area contributed by atoms with Crippen LogP contribution in [-0.2, 0) is 16.3 Å². The zero-order chi connectivity index (χ0) is 29.3. The molecule has 1 saturated carbocycles. The van der Waals surface area contributed by atoms with Crippen molar-refractivity contribution in [1.82, 2.24) is 14.5 Å². The molecule has 2 aromatic carbocycles. The summed E-state index contributed by atoms with van der Waals surface area (Å²) in [6.07, 6.45) is 3.55. The van der Waals surface area contributed by atoms with Crippen molar-refractivity contribution in [1.29, 1.82) is 5.26 Å². The Labute approximate surface area is 237 Å². The lowest BCUT2D eigenvalue weighted by Gasteiger charge is -2.24. The fourth-order valence-electron chi connectivity index (χ4n) is 5.19. The molecule has 10 heteroatoms. The van der Waals surface area contributed by atoms with Crippen molar-refractivity contribution in [3.05, 3.63) is 99.6 Å². The minimum absolute atomic E-state index is 0.0655. The molecule has 41 heavy (non-hydrogen) atoms. The van der Waals surface area contributed by atoms with Gasteiger partial charge >= 0.3 is 0 Å². The summed E-state index contributed by atoms with van der Waals surface area (Å²) in [6, 6.07) is 17.1. The average Bonchev–Trinajstić information content (AvgIpc) is 3.79. The third kappa shape index (κ3) is 5.50. The second kappa shape index (κ2) is 11.3. The highest BCUT2D eigenvalue weighted by molar-refractivity contribution is 7.91. The predicted molar refractivity (Wildman–Crippen MR) is 151 cm³/mol. The number of aryl methyl sites for hydroxylation is 2. The molecule has 2 aromatic heterocycles. The monoisotopic (exact) mass is 572 g/mol. The van der Waals surface area contributed by atoms with E-state index in [4.69, 9.17) is 0 Å². The molecule has 1 aliphatic rings. The number of nitriles is 1. The lowest BCUT2D eigenvalue weighted by Crippen LogP contribution is -2.34. The number of halogens is 1. The highest BCUT2D eigenvalue weighted by Gasteiger charge is 2.38. The van der Waals surface area contributed by atoms with E-state index in [-0.39, 0.29) is 10.8 Å². The molecule has 0 saturated heterocycles. The van der Waals surface area contributed by atoms with E-state index in [1.54, 1.807) is 43.3 Å². The van der Waals surface area contributed by atoms with Crippen molar-refractivity contribution in [3.8, 4) is 23.1 Å². The Morgan fingerprint density at radius 3 is 2.49 bits per heavy atom. The van der Waals surface area contributed by atoms with E-state index in [9.17, 15) is 28.0 Å². The van der Waals surface area contributed by atoms with Gasteiger partial charge in [0.2, 0.25) is 21.7 Å². The summed E-state index contributed by atoms with van der Waals surface area (Å²) in [7, 11) is -4.48. The Kier molecular flexibility index (Phi) is 7.74. The van der Waals surface area contributed by atoms with Gasteiger partial charge in [-0.15, -0.1) is 0 Å².